The van der Waals surface area contributed by atoms with Crippen LogP contribution in [0.15, 0.2) is 115 Å². The van der Waals surface area contributed by atoms with Crippen molar-refractivity contribution in [2.24, 2.45) is 0 Å². The van der Waals surface area contributed by atoms with Crippen molar-refractivity contribution in [2.75, 3.05) is 0 Å². The van der Waals surface area contributed by atoms with Crippen molar-refractivity contribution in [3.05, 3.63) is 126 Å². The lowest BCUT2D eigenvalue weighted by Crippen LogP contribution is -1.97. The fraction of sp³-hybridized carbons (Fsp3) is 0. The second-order valence-electron chi connectivity index (χ2n) is 7.89. The standard InChI is InChI=1S/C31H19N3/c32-20-28-19-29(21-33)31(27-17-13-25(14-18-27)23-9-5-2-6-10-23)34-30(28)26-15-11-24(12-16-26)22-7-3-1-4-8-22/h1-19H. The molecule has 0 saturated heterocycles. The number of nitrogens with zero attached hydrogens (tertiary/aromatic N) is 3. The maximum atomic E-state index is 9.76. The van der Waals surface area contributed by atoms with Crippen molar-refractivity contribution in [1.29, 1.82) is 10.5 Å². The quantitative estimate of drug-likeness (QED) is 0.295. The van der Waals surface area contributed by atoms with E-state index in [2.05, 4.69) is 36.4 Å². The third-order valence-electron chi connectivity index (χ3n) is 5.79. The fourth-order valence-electron chi connectivity index (χ4n) is 4.03. The highest BCUT2D eigenvalue weighted by atomic mass is 14.7. The minimum atomic E-state index is 0.383. The predicted octanol–water partition coefficient (Wildman–Crippen LogP) is 7.49. The lowest BCUT2D eigenvalue weighted by atomic mass is 9.97. The SMILES string of the molecule is N#Cc1cc(C#N)c(-c2ccc(-c3ccccc3)cc2)nc1-c1ccc(-c2ccccc2)cc1. The van der Waals surface area contributed by atoms with Crippen molar-refractivity contribution in [3.8, 4) is 56.9 Å². The molecule has 1 heterocycles. The van der Waals surface area contributed by atoms with Crippen molar-refractivity contribution in [3.63, 3.8) is 0 Å². The van der Waals surface area contributed by atoms with Crippen molar-refractivity contribution < 1.29 is 0 Å². The van der Waals surface area contributed by atoms with Gasteiger partial charge in [-0.1, -0.05) is 109 Å². The first-order chi connectivity index (χ1) is 16.8. The van der Waals surface area contributed by atoms with Gasteiger partial charge in [-0.25, -0.2) is 4.98 Å². The Hall–Kier alpha value is -4.99. The first-order valence-electron chi connectivity index (χ1n) is 10.9. The van der Waals surface area contributed by atoms with Crippen LogP contribution in [0, 0.1) is 22.7 Å². The molecule has 0 aliphatic heterocycles. The first kappa shape index (κ1) is 20.9. The lowest BCUT2D eigenvalue weighted by molar-refractivity contribution is 1.28. The molecule has 0 aliphatic carbocycles. The maximum absolute atomic E-state index is 9.76. The van der Waals surface area contributed by atoms with Gasteiger partial charge < -0.3 is 0 Å². The monoisotopic (exact) mass is 433 g/mol. The van der Waals surface area contributed by atoms with E-state index in [1.807, 2.05) is 84.9 Å². The van der Waals surface area contributed by atoms with Crippen LogP contribution in [0.2, 0.25) is 0 Å². The third kappa shape index (κ3) is 4.07. The van der Waals surface area contributed by atoms with Crippen LogP contribution in [0.3, 0.4) is 0 Å². The van der Waals surface area contributed by atoms with Crippen molar-refractivity contribution in [2.45, 2.75) is 0 Å². The van der Waals surface area contributed by atoms with E-state index in [-0.39, 0.29) is 0 Å². The highest BCUT2D eigenvalue weighted by molar-refractivity contribution is 5.78. The molecule has 3 heteroatoms. The molecule has 0 radical (unpaired) electrons. The van der Waals surface area contributed by atoms with E-state index < -0.39 is 0 Å². The fourth-order valence-corrected chi connectivity index (χ4v) is 4.03. The number of rotatable bonds is 4. The molecular formula is C31H19N3. The smallest absolute Gasteiger partial charge is 0.101 e. The average molecular weight is 434 g/mol. The zero-order valence-electron chi connectivity index (χ0n) is 18.3. The Morgan fingerprint density at radius 2 is 0.735 bits per heavy atom. The summed E-state index contributed by atoms with van der Waals surface area (Å²) >= 11 is 0. The zero-order valence-corrected chi connectivity index (χ0v) is 18.3. The molecule has 3 nitrogen and oxygen atoms in total. The lowest BCUT2D eigenvalue weighted by Gasteiger charge is -2.11. The van der Waals surface area contributed by atoms with E-state index in [0.29, 0.717) is 22.5 Å². The van der Waals surface area contributed by atoms with Crippen LogP contribution in [0.5, 0.6) is 0 Å². The van der Waals surface area contributed by atoms with E-state index in [0.717, 1.165) is 33.4 Å². The van der Waals surface area contributed by atoms with Gasteiger partial charge in [0.15, 0.2) is 0 Å². The summed E-state index contributed by atoms with van der Waals surface area (Å²) in [5.41, 5.74) is 8.02. The van der Waals surface area contributed by atoms with Crippen LogP contribution >= 0.6 is 0 Å². The van der Waals surface area contributed by atoms with Gasteiger partial charge in [0, 0.05) is 11.1 Å². The third-order valence-corrected chi connectivity index (χ3v) is 5.79. The van der Waals surface area contributed by atoms with Gasteiger partial charge >= 0.3 is 0 Å². The molecule has 0 atom stereocenters. The summed E-state index contributed by atoms with van der Waals surface area (Å²) in [5.74, 6) is 0. The molecule has 0 N–H and O–H groups in total. The van der Waals surface area contributed by atoms with Crippen LogP contribution in [0.25, 0.3) is 44.8 Å². The van der Waals surface area contributed by atoms with Crippen LogP contribution in [-0.4, -0.2) is 4.98 Å². The van der Waals surface area contributed by atoms with Gasteiger partial charge in [-0.3, -0.25) is 0 Å². The normalized spacial score (nSPS) is 10.3. The Morgan fingerprint density at radius 1 is 0.412 bits per heavy atom. The first-order valence-corrected chi connectivity index (χ1v) is 10.9. The molecule has 34 heavy (non-hydrogen) atoms. The largest absolute Gasteiger partial charge is 0.245 e. The van der Waals surface area contributed by atoms with Crippen LogP contribution < -0.4 is 0 Å². The number of hydrogen-bond acceptors (Lipinski definition) is 3. The van der Waals surface area contributed by atoms with Crippen LogP contribution in [0.1, 0.15) is 11.1 Å². The summed E-state index contributed by atoms with van der Waals surface area (Å²) < 4.78 is 0. The van der Waals surface area contributed by atoms with Gasteiger partial charge in [0.1, 0.15) is 12.1 Å². The molecule has 0 aliphatic rings. The zero-order chi connectivity index (χ0) is 23.3. The molecule has 0 bridgehead atoms. The molecule has 0 unspecified atom stereocenters. The molecule has 5 rings (SSSR count). The van der Waals surface area contributed by atoms with Crippen molar-refractivity contribution in [1.82, 2.24) is 4.98 Å². The second-order valence-corrected chi connectivity index (χ2v) is 7.89. The molecule has 0 saturated carbocycles. The number of benzene rings is 4. The van der Waals surface area contributed by atoms with E-state index in [1.54, 1.807) is 6.07 Å². The number of aromatic nitrogens is 1. The van der Waals surface area contributed by atoms with E-state index in [9.17, 15) is 10.5 Å². The maximum Gasteiger partial charge on any atom is 0.101 e. The Morgan fingerprint density at radius 3 is 1.09 bits per heavy atom. The minimum absolute atomic E-state index is 0.383. The summed E-state index contributed by atoms with van der Waals surface area (Å²) in [6.45, 7) is 0. The number of pyridine rings is 1. The summed E-state index contributed by atoms with van der Waals surface area (Å²) in [4.78, 5) is 4.81. The van der Waals surface area contributed by atoms with Crippen LogP contribution in [0.4, 0.5) is 0 Å². The molecule has 1 aromatic heterocycles. The molecule has 4 aromatic carbocycles. The molecule has 0 fully saturated rings. The van der Waals surface area contributed by atoms with E-state index in [4.69, 9.17) is 4.98 Å². The summed E-state index contributed by atoms with van der Waals surface area (Å²) in [6.07, 6.45) is 0. The molecular weight excluding hydrogens is 414 g/mol. The summed E-state index contributed by atoms with van der Waals surface area (Å²) in [7, 11) is 0. The van der Waals surface area contributed by atoms with Crippen molar-refractivity contribution >= 4 is 0 Å². The molecule has 158 valence electrons. The molecule has 0 spiro atoms. The predicted molar refractivity (Wildman–Crippen MR) is 135 cm³/mol. The highest BCUT2D eigenvalue weighted by Gasteiger charge is 2.15. The highest BCUT2D eigenvalue weighted by Crippen LogP contribution is 2.31. The van der Waals surface area contributed by atoms with Crippen LogP contribution in [-0.2, 0) is 0 Å². The number of nitriles is 2. The van der Waals surface area contributed by atoms with E-state index >= 15 is 0 Å². The molecule has 0 amide bonds. The average Bonchev–Trinajstić information content (AvgIpc) is 2.93. The Labute approximate surface area is 198 Å². The van der Waals surface area contributed by atoms with Gasteiger partial charge in [0.05, 0.1) is 22.5 Å². The van der Waals surface area contributed by atoms with E-state index in [1.165, 1.54) is 0 Å². The minimum Gasteiger partial charge on any atom is -0.245 e. The topological polar surface area (TPSA) is 60.5 Å². The van der Waals surface area contributed by atoms with Gasteiger partial charge in [-0.15, -0.1) is 0 Å². The van der Waals surface area contributed by atoms with Gasteiger partial charge in [0.25, 0.3) is 0 Å². The Kier molecular flexibility index (Phi) is 5.68. The molecule has 5 aromatic rings. The Balaban J connectivity index is 1.56. The summed E-state index contributed by atoms with van der Waals surface area (Å²) in [6, 6.07) is 42.3. The second kappa shape index (κ2) is 9.25. The van der Waals surface area contributed by atoms with Gasteiger partial charge in [-0.05, 0) is 28.3 Å². The number of hydrogen-bond donors (Lipinski definition) is 0. The van der Waals surface area contributed by atoms with Gasteiger partial charge in [0.2, 0.25) is 0 Å². The Bertz CT molecular complexity index is 1410. The summed E-state index contributed by atoms with van der Waals surface area (Å²) in [5, 5.41) is 19.5. The van der Waals surface area contributed by atoms with Gasteiger partial charge in [-0.2, -0.15) is 10.5 Å².